The van der Waals surface area contributed by atoms with Crippen LogP contribution in [-0.4, -0.2) is 16.7 Å². The lowest BCUT2D eigenvalue weighted by Crippen LogP contribution is -2.12. The number of rotatable bonds is 3. The number of aromatic amines is 1. The molecule has 1 aliphatic rings. The Bertz CT molecular complexity index is 303. The van der Waals surface area contributed by atoms with Gasteiger partial charge in [-0.1, -0.05) is 13.8 Å². The first kappa shape index (κ1) is 9.56. The third-order valence-electron chi connectivity index (χ3n) is 2.93. The molecule has 1 aliphatic carbocycles. The van der Waals surface area contributed by atoms with Crippen LogP contribution in [0.25, 0.3) is 0 Å². The van der Waals surface area contributed by atoms with Crippen molar-refractivity contribution in [1.29, 1.82) is 0 Å². The summed E-state index contributed by atoms with van der Waals surface area (Å²) < 4.78 is 0. The lowest BCUT2D eigenvalue weighted by molar-refractivity contribution is 0.498. The summed E-state index contributed by atoms with van der Waals surface area (Å²) in [6.07, 6.45) is 4.79. The number of fused-ring (bicyclic) bond motifs is 1. The van der Waals surface area contributed by atoms with Gasteiger partial charge in [0.2, 0.25) is 0 Å². The first-order valence-corrected chi connectivity index (χ1v) is 5.61. The van der Waals surface area contributed by atoms with Crippen molar-refractivity contribution in [2.75, 3.05) is 11.9 Å². The van der Waals surface area contributed by atoms with E-state index in [4.69, 9.17) is 0 Å². The molecule has 0 fully saturated rings. The van der Waals surface area contributed by atoms with E-state index >= 15 is 0 Å². The second-order valence-corrected chi connectivity index (χ2v) is 4.30. The fourth-order valence-corrected chi connectivity index (χ4v) is 2.06. The molecular formula is C11H19N3. The van der Waals surface area contributed by atoms with Gasteiger partial charge in [-0.25, -0.2) is 0 Å². The van der Waals surface area contributed by atoms with Gasteiger partial charge in [0.05, 0.1) is 0 Å². The maximum atomic E-state index is 4.33. The summed E-state index contributed by atoms with van der Waals surface area (Å²) in [6.45, 7) is 5.51. The van der Waals surface area contributed by atoms with Crippen LogP contribution in [0, 0.1) is 5.92 Å². The second-order valence-electron chi connectivity index (χ2n) is 4.30. The lowest BCUT2D eigenvalue weighted by atomic mass is 9.89. The topological polar surface area (TPSA) is 40.7 Å². The normalized spacial score (nSPS) is 20.6. The summed E-state index contributed by atoms with van der Waals surface area (Å²) in [5.74, 6) is 1.90. The predicted molar refractivity (Wildman–Crippen MR) is 58.6 cm³/mol. The number of aryl methyl sites for hydroxylation is 1. The Labute approximate surface area is 85.3 Å². The van der Waals surface area contributed by atoms with E-state index in [1.165, 1.54) is 24.1 Å². The smallest absolute Gasteiger partial charge is 0.151 e. The van der Waals surface area contributed by atoms with Crippen molar-refractivity contribution in [3.8, 4) is 0 Å². The van der Waals surface area contributed by atoms with Crippen molar-refractivity contribution >= 4 is 5.82 Å². The molecule has 1 atom stereocenters. The molecule has 0 bridgehead atoms. The third-order valence-corrected chi connectivity index (χ3v) is 2.93. The Morgan fingerprint density at radius 3 is 3.21 bits per heavy atom. The van der Waals surface area contributed by atoms with Crippen molar-refractivity contribution < 1.29 is 0 Å². The SMILES string of the molecule is CCCNc1n[nH]c2c1CC(C)CC2. The number of aromatic nitrogens is 2. The number of hydrogen-bond donors (Lipinski definition) is 2. The van der Waals surface area contributed by atoms with Crippen molar-refractivity contribution in [2.24, 2.45) is 5.92 Å². The molecule has 0 aliphatic heterocycles. The van der Waals surface area contributed by atoms with Gasteiger partial charge in [0, 0.05) is 17.8 Å². The van der Waals surface area contributed by atoms with Gasteiger partial charge in [0.15, 0.2) is 5.82 Å². The first-order valence-electron chi connectivity index (χ1n) is 5.61. The summed E-state index contributed by atoms with van der Waals surface area (Å²) >= 11 is 0. The Kier molecular flexibility index (Phi) is 2.75. The number of H-pyrrole nitrogens is 1. The molecule has 0 saturated carbocycles. The highest BCUT2D eigenvalue weighted by molar-refractivity contribution is 5.47. The van der Waals surface area contributed by atoms with Crippen molar-refractivity contribution in [3.05, 3.63) is 11.3 Å². The zero-order valence-electron chi connectivity index (χ0n) is 9.06. The van der Waals surface area contributed by atoms with E-state index in [-0.39, 0.29) is 0 Å². The molecule has 2 rings (SSSR count). The molecule has 2 N–H and O–H groups in total. The van der Waals surface area contributed by atoms with Gasteiger partial charge in [-0.3, -0.25) is 5.10 Å². The Morgan fingerprint density at radius 2 is 2.43 bits per heavy atom. The lowest BCUT2D eigenvalue weighted by Gasteiger charge is -2.18. The first-order chi connectivity index (χ1) is 6.81. The second kappa shape index (κ2) is 4.03. The fourth-order valence-electron chi connectivity index (χ4n) is 2.06. The molecule has 0 radical (unpaired) electrons. The fraction of sp³-hybridized carbons (Fsp3) is 0.727. The van der Waals surface area contributed by atoms with Gasteiger partial charge < -0.3 is 5.32 Å². The average Bonchev–Trinajstić information content (AvgIpc) is 2.57. The monoisotopic (exact) mass is 193 g/mol. The number of nitrogens with one attached hydrogen (secondary N) is 2. The highest BCUT2D eigenvalue weighted by atomic mass is 15.2. The molecule has 0 saturated heterocycles. The Balaban J connectivity index is 2.13. The highest BCUT2D eigenvalue weighted by Crippen LogP contribution is 2.28. The van der Waals surface area contributed by atoms with Crippen LogP contribution in [0.5, 0.6) is 0 Å². The molecule has 0 amide bonds. The van der Waals surface area contributed by atoms with E-state index in [9.17, 15) is 0 Å². The molecule has 78 valence electrons. The average molecular weight is 193 g/mol. The van der Waals surface area contributed by atoms with Gasteiger partial charge in [0.1, 0.15) is 0 Å². The molecule has 3 heteroatoms. The summed E-state index contributed by atoms with van der Waals surface area (Å²) in [4.78, 5) is 0. The largest absolute Gasteiger partial charge is 0.368 e. The van der Waals surface area contributed by atoms with Crippen molar-refractivity contribution in [2.45, 2.75) is 39.5 Å². The van der Waals surface area contributed by atoms with E-state index in [2.05, 4.69) is 29.4 Å². The van der Waals surface area contributed by atoms with E-state index in [0.29, 0.717) is 0 Å². The number of hydrogen-bond acceptors (Lipinski definition) is 2. The van der Waals surface area contributed by atoms with Crippen molar-refractivity contribution in [1.82, 2.24) is 10.2 Å². The van der Waals surface area contributed by atoms with Crippen LogP contribution in [0.3, 0.4) is 0 Å². The summed E-state index contributed by atoms with van der Waals surface area (Å²) in [6, 6.07) is 0. The number of anilines is 1. The van der Waals surface area contributed by atoms with Gasteiger partial charge in [-0.15, -0.1) is 0 Å². The molecule has 3 nitrogen and oxygen atoms in total. The van der Waals surface area contributed by atoms with Gasteiger partial charge >= 0.3 is 0 Å². The van der Waals surface area contributed by atoms with E-state index in [0.717, 1.165) is 31.1 Å². The van der Waals surface area contributed by atoms with Gasteiger partial charge in [0.25, 0.3) is 0 Å². The van der Waals surface area contributed by atoms with Crippen LogP contribution < -0.4 is 5.32 Å². The summed E-state index contributed by atoms with van der Waals surface area (Å²) in [7, 11) is 0. The molecule has 1 heterocycles. The van der Waals surface area contributed by atoms with Gasteiger partial charge in [-0.05, 0) is 31.6 Å². The van der Waals surface area contributed by atoms with E-state index < -0.39 is 0 Å². The minimum atomic E-state index is 0.808. The molecule has 1 unspecified atom stereocenters. The quantitative estimate of drug-likeness (QED) is 0.773. The van der Waals surface area contributed by atoms with E-state index in [1.54, 1.807) is 0 Å². The van der Waals surface area contributed by atoms with Crippen LogP contribution in [0.15, 0.2) is 0 Å². The zero-order chi connectivity index (χ0) is 9.97. The molecule has 1 aromatic rings. The third kappa shape index (κ3) is 1.76. The molecule has 0 spiro atoms. The minimum absolute atomic E-state index is 0.808. The number of nitrogens with zero attached hydrogens (tertiary/aromatic N) is 1. The van der Waals surface area contributed by atoms with Gasteiger partial charge in [-0.2, -0.15) is 5.10 Å². The van der Waals surface area contributed by atoms with Crippen LogP contribution in [0.4, 0.5) is 5.82 Å². The molecule has 0 aromatic carbocycles. The molecular weight excluding hydrogens is 174 g/mol. The highest BCUT2D eigenvalue weighted by Gasteiger charge is 2.20. The predicted octanol–water partition coefficient (Wildman–Crippen LogP) is 2.36. The summed E-state index contributed by atoms with van der Waals surface area (Å²) in [5.41, 5.74) is 2.78. The minimum Gasteiger partial charge on any atom is -0.368 e. The zero-order valence-corrected chi connectivity index (χ0v) is 9.06. The summed E-state index contributed by atoms with van der Waals surface area (Å²) in [5, 5.41) is 10.9. The standard InChI is InChI=1S/C11H19N3/c1-3-6-12-11-9-7-8(2)4-5-10(9)13-14-11/h8H,3-7H2,1-2H3,(H2,12,13,14). The maximum Gasteiger partial charge on any atom is 0.151 e. The van der Waals surface area contributed by atoms with Crippen LogP contribution in [0.1, 0.15) is 37.9 Å². The van der Waals surface area contributed by atoms with Crippen molar-refractivity contribution in [3.63, 3.8) is 0 Å². The van der Waals surface area contributed by atoms with Crippen LogP contribution >= 0.6 is 0 Å². The Morgan fingerprint density at radius 1 is 1.57 bits per heavy atom. The Hall–Kier alpha value is -0.990. The van der Waals surface area contributed by atoms with Crippen LogP contribution in [-0.2, 0) is 12.8 Å². The maximum absolute atomic E-state index is 4.33. The van der Waals surface area contributed by atoms with E-state index in [1.807, 2.05) is 0 Å². The molecule has 1 aromatic heterocycles. The molecule has 14 heavy (non-hydrogen) atoms. The van der Waals surface area contributed by atoms with Crippen LogP contribution in [0.2, 0.25) is 0 Å².